The number of anilines is 1. The van der Waals surface area contributed by atoms with Crippen LogP contribution in [0.2, 0.25) is 0 Å². The average Bonchev–Trinajstić information content (AvgIpc) is 3.66. The number of ether oxygens (including phenoxy) is 1. The minimum atomic E-state index is -0.516. The Balaban J connectivity index is 0.922. The van der Waals surface area contributed by atoms with Gasteiger partial charge in [0.2, 0.25) is 0 Å². The Kier molecular flexibility index (Phi) is 8.77. The Morgan fingerprint density at radius 3 is 2.56 bits per heavy atom. The molecule has 4 heterocycles. The van der Waals surface area contributed by atoms with Gasteiger partial charge in [-0.05, 0) is 54.7 Å². The van der Waals surface area contributed by atoms with Crippen molar-refractivity contribution in [2.75, 3.05) is 25.0 Å². The first-order valence-corrected chi connectivity index (χ1v) is 17.4. The number of carbonyl (C=O) groups is 2. The van der Waals surface area contributed by atoms with Gasteiger partial charge in [-0.3, -0.25) is 14.9 Å². The highest BCUT2D eigenvalue weighted by Crippen LogP contribution is 2.40. The predicted octanol–water partition coefficient (Wildman–Crippen LogP) is 6.90. The van der Waals surface area contributed by atoms with Crippen LogP contribution in [0, 0.1) is 10.1 Å². The van der Waals surface area contributed by atoms with Crippen LogP contribution in [0.3, 0.4) is 0 Å². The van der Waals surface area contributed by atoms with Gasteiger partial charge in [-0.15, -0.1) is 5.10 Å². The van der Waals surface area contributed by atoms with Gasteiger partial charge in [-0.2, -0.15) is 0 Å². The van der Waals surface area contributed by atoms with E-state index in [-0.39, 0.29) is 29.8 Å². The number of nitro benzene ring substituents is 1. The number of likely N-dealkylation sites (tertiary alicyclic amines) is 1. The molecule has 2 aromatic heterocycles. The van der Waals surface area contributed by atoms with Gasteiger partial charge in [0.05, 0.1) is 46.1 Å². The Bertz CT molecular complexity index is 2310. The summed E-state index contributed by atoms with van der Waals surface area (Å²) in [4.78, 5) is 44.1. The monoisotopic (exact) mass is 696 g/mol. The lowest BCUT2D eigenvalue weighted by Gasteiger charge is -2.46. The molecule has 6 aromatic rings. The minimum Gasteiger partial charge on any atom is -0.375 e. The van der Waals surface area contributed by atoms with Crippen molar-refractivity contribution in [3.8, 4) is 11.3 Å². The van der Waals surface area contributed by atoms with E-state index in [1.54, 1.807) is 6.07 Å². The number of piperidine rings is 1. The average molecular weight is 697 g/mol. The van der Waals surface area contributed by atoms with Gasteiger partial charge in [0.25, 0.3) is 11.6 Å². The van der Waals surface area contributed by atoms with Gasteiger partial charge in [0, 0.05) is 48.5 Å². The molecular formula is C39H36N8O5. The van der Waals surface area contributed by atoms with Gasteiger partial charge in [-0.25, -0.2) is 14.5 Å². The van der Waals surface area contributed by atoms with Crippen LogP contribution in [0.4, 0.5) is 16.2 Å². The molecule has 13 nitrogen and oxygen atoms in total. The lowest BCUT2D eigenvalue weighted by atomic mass is 9.82. The second-order valence-electron chi connectivity index (χ2n) is 13.4. The van der Waals surface area contributed by atoms with E-state index < -0.39 is 11.0 Å². The number of benzene rings is 4. The fourth-order valence-corrected chi connectivity index (χ4v) is 7.42. The van der Waals surface area contributed by atoms with E-state index in [1.807, 2.05) is 64.3 Å². The number of fused-ring (bicyclic) bond motifs is 2. The number of nitrogens with one attached hydrogen (secondary N) is 2. The SMILES string of the molecule is O=C(NCc1cn(C2CCOC3(CCN(C(=O)c4cc(-c5cccc6ccccc56)nc5ccccc45)CC3)C2)nn1)Nc1cccc([N+](=O)[O-])c1. The first-order valence-electron chi connectivity index (χ1n) is 17.4. The van der Waals surface area contributed by atoms with E-state index in [1.165, 1.54) is 18.2 Å². The lowest BCUT2D eigenvalue weighted by molar-refractivity contribution is -0.384. The number of nitrogens with zero attached hydrogens (tertiary/aromatic N) is 6. The summed E-state index contributed by atoms with van der Waals surface area (Å²) in [6.45, 7) is 1.84. The second-order valence-corrected chi connectivity index (χ2v) is 13.4. The van der Waals surface area contributed by atoms with E-state index in [9.17, 15) is 19.7 Å². The van der Waals surface area contributed by atoms with Crippen LogP contribution >= 0.6 is 0 Å². The molecule has 262 valence electrons. The van der Waals surface area contributed by atoms with E-state index in [4.69, 9.17) is 9.72 Å². The number of pyridine rings is 1. The third-order valence-corrected chi connectivity index (χ3v) is 10.1. The molecular weight excluding hydrogens is 660 g/mol. The van der Waals surface area contributed by atoms with Gasteiger partial charge in [0.15, 0.2) is 0 Å². The first-order chi connectivity index (χ1) is 25.3. The molecule has 0 radical (unpaired) electrons. The number of non-ortho nitro benzene ring substituents is 1. The third-order valence-electron chi connectivity index (χ3n) is 10.1. The summed E-state index contributed by atoms with van der Waals surface area (Å²) in [6, 6.07) is 29.4. The summed E-state index contributed by atoms with van der Waals surface area (Å²) >= 11 is 0. The summed E-state index contributed by atoms with van der Waals surface area (Å²) in [5, 5.41) is 28.0. The summed E-state index contributed by atoms with van der Waals surface area (Å²) < 4.78 is 8.27. The fraction of sp³-hybridized carbons (Fsp3) is 0.256. The number of rotatable bonds is 7. The van der Waals surface area contributed by atoms with Crippen LogP contribution < -0.4 is 10.6 Å². The smallest absolute Gasteiger partial charge is 0.319 e. The number of hydrogen-bond acceptors (Lipinski definition) is 8. The molecule has 8 rings (SSSR count). The summed E-state index contributed by atoms with van der Waals surface area (Å²) in [6.07, 6.45) is 4.75. The van der Waals surface area contributed by atoms with Crippen LogP contribution in [0.1, 0.15) is 47.8 Å². The van der Waals surface area contributed by atoms with Crippen molar-refractivity contribution in [3.05, 3.63) is 125 Å². The summed E-state index contributed by atoms with van der Waals surface area (Å²) in [7, 11) is 0. The molecule has 2 aliphatic rings. The number of carbonyl (C=O) groups excluding carboxylic acids is 2. The minimum absolute atomic E-state index is 0.00904. The van der Waals surface area contributed by atoms with E-state index in [0.717, 1.165) is 45.8 Å². The third kappa shape index (κ3) is 6.65. The Morgan fingerprint density at radius 1 is 0.942 bits per heavy atom. The lowest BCUT2D eigenvalue weighted by Crippen LogP contribution is -2.51. The largest absolute Gasteiger partial charge is 0.375 e. The quantitative estimate of drug-likeness (QED) is 0.135. The number of nitro groups is 1. The maximum Gasteiger partial charge on any atom is 0.319 e. The number of aromatic nitrogens is 4. The molecule has 1 unspecified atom stereocenters. The molecule has 0 saturated carbocycles. The highest BCUT2D eigenvalue weighted by Gasteiger charge is 2.42. The predicted molar refractivity (Wildman–Crippen MR) is 196 cm³/mol. The molecule has 2 saturated heterocycles. The summed E-state index contributed by atoms with van der Waals surface area (Å²) in [5.41, 5.74) is 3.61. The fourth-order valence-electron chi connectivity index (χ4n) is 7.42. The van der Waals surface area contributed by atoms with Crippen molar-refractivity contribution in [1.82, 2.24) is 30.2 Å². The Labute approximate surface area is 298 Å². The topological polar surface area (TPSA) is 157 Å². The van der Waals surface area contributed by atoms with Crippen LogP contribution in [0.5, 0.6) is 0 Å². The van der Waals surface area contributed by atoms with Crippen LogP contribution in [0.25, 0.3) is 32.9 Å². The Hall–Kier alpha value is -6.21. The summed E-state index contributed by atoms with van der Waals surface area (Å²) in [5.74, 6) is -0.00904. The second kappa shape index (κ2) is 13.8. The Morgan fingerprint density at radius 2 is 1.71 bits per heavy atom. The zero-order valence-electron chi connectivity index (χ0n) is 28.3. The van der Waals surface area contributed by atoms with Gasteiger partial charge < -0.3 is 20.3 Å². The molecule has 52 heavy (non-hydrogen) atoms. The highest BCUT2D eigenvalue weighted by molar-refractivity contribution is 6.08. The molecule has 3 amide bonds. The zero-order valence-corrected chi connectivity index (χ0v) is 28.3. The number of amides is 3. The van der Waals surface area contributed by atoms with Crippen molar-refractivity contribution < 1.29 is 19.2 Å². The van der Waals surface area contributed by atoms with Crippen LogP contribution in [0.15, 0.2) is 103 Å². The van der Waals surface area contributed by atoms with Gasteiger partial charge in [-0.1, -0.05) is 71.9 Å². The molecule has 0 aliphatic carbocycles. The van der Waals surface area contributed by atoms with Crippen LogP contribution in [-0.4, -0.2) is 67.0 Å². The van der Waals surface area contributed by atoms with E-state index >= 15 is 0 Å². The normalized spacial score (nSPS) is 16.9. The number of para-hydroxylation sites is 1. The molecule has 2 aliphatic heterocycles. The maximum atomic E-state index is 14.2. The molecule has 2 fully saturated rings. The van der Waals surface area contributed by atoms with Gasteiger partial charge in [0.1, 0.15) is 5.69 Å². The standard InChI is InChI=1S/C39H36N8O5/c48-37(34-22-36(42-35-14-4-3-12-33(34)35)32-13-5-8-26-7-1-2-11-31(26)32)45-18-16-39(17-19-45)23-30(15-20-52-39)46-25-28(43-44-46)24-40-38(49)41-27-9-6-10-29(21-27)47(50)51/h1-14,21-22,25,30H,15-20,23-24H2,(H2,40,41,49). The maximum absolute atomic E-state index is 14.2. The van der Waals surface area contributed by atoms with Crippen molar-refractivity contribution in [2.24, 2.45) is 0 Å². The van der Waals surface area contributed by atoms with Gasteiger partial charge >= 0.3 is 6.03 Å². The van der Waals surface area contributed by atoms with Crippen molar-refractivity contribution >= 4 is 45.0 Å². The number of hydrogen-bond donors (Lipinski definition) is 2. The first kappa shape index (κ1) is 33.0. The van der Waals surface area contributed by atoms with Crippen LogP contribution in [-0.2, 0) is 11.3 Å². The molecule has 13 heteroatoms. The molecule has 1 atom stereocenters. The van der Waals surface area contributed by atoms with E-state index in [0.29, 0.717) is 49.5 Å². The molecule has 1 spiro atoms. The van der Waals surface area contributed by atoms with Crippen molar-refractivity contribution in [2.45, 2.75) is 43.9 Å². The van der Waals surface area contributed by atoms with Crippen molar-refractivity contribution in [1.29, 1.82) is 0 Å². The zero-order chi connectivity index (χ0) is 35.7. The number of urea groups is 1. The highest BCUT2D eigenvalue weighted by atomic mass is 16.6. The molecule has 0 bridgehead atoms. The molecule has 2 N–H and O–H groups in total. The van der Waals surface area contributed by atoms with E-state index in [2.05, 4.69) is 45.2 Å². The molecule has 4 aromatic carbocycles. The van der Waals surface area contributed by atoms with Crippen molar-refractivity contribution in [3.63, 3.8) is 0 Å².